The Labute approximate surface area is 134 Å². The van der Waals surface area contributed by atoms with Gasteiger partial charge in [0.1, 0.15) is 0 Å². The number of hydrogen-bond acceptors (Lipinski definition) is 4. The van der Waals surface area contributed by atoms with Crippen LogP contribution in [-0.4, -0.2) is 24.1 Å². The maximum absolute atomic E-state index is 12.9. The highest BCUT2D eigenvalue weighted by Gasteiger charge is 2.57. The van der Waals surface area contributed by atoms with E-state index in [1.807, 2.05) is 41.5 Å². The Balaban J connectivity index is 3.23. The first-order chi connectivity index (χ1) is 10.2. The predicted octanol–water partition coefficient (Wildman–Crippen LogP) is 4.11. The van der Waals surface area contributed by atoms with Gasteiger partial charge in [0.05, 0.1) is 12.2 Å². The van der Waals surface area contributed by atoms with Gasteiger partial charge in [-0.05, 0) is 52.4 Å². The SMILES string of the molecule is CC(C)OC(=O)C(C(=O)OC(C)C)(C(C)C)C1CCCCC1. The highest BCUT2D eigenvalue weighted by atomic mass is 16.6. The Bertz CT molecular complexity index is 357. The molecular weight excluding hydrogens is 280 g/mol. The van der Waals surface area contributed by atoms with Crippen molar-refractivity contribution in [1.29, 1.82) is 0 Å². The van der Waals surface area contributed by atoms with Crippen LogP contribution in [0.1, 0.15) is 73.6 Å². The average molecular weight is 312 g/mol. The van der Waals surface area contributed by atoms with Gasteiger partial charge in [-0.1, -0.05) is 33.1 Å². The fraction of sp³-hybridized carbons (Fsp3) is 0.889. The summed E-state index contributed by atoms with van der Waals surface area (Å²) in [4.78, 5) is 25.8. The average Bonchev–Trinajstić information content (AvgIpc) is 2.38. The van der Waals surface area contributed by atoms with Crippen LogP contribution in [0.15, 0.2) is 0 Å². The van der Waals surface area contributed by atoms with Gasteiger partial charge in [-0.2, -0.15) is 0 Å². The lowest BCUT2D eigenvalue weighted by Gasteiger charge is -2.41. The van der Waals surface area contributed by atoms with Crippen LogP contribution in [-0.2, 0) is 19.1 Å². The zero-order valence-electron chi connectivity index (χ0n) is 15.0. The number of ether oxygens (including phenoxy) is 2. The lowest BCUT2D eigenvalue weighted by molar-refractivity contribution is -0.188. The van der Waals surface area contributed by atoms with E-state index in [2.05, 4.69) is 0 Å². The van der Waals surface area contributed by atoms with Crippen molar-refractivity contribution in [2.75, 3.05) is 0 Å². The summed E-state index contributed by atoms with van der Waals surface area (Å²) in [5.41, 5.74) is -1.17. The second kappa shape index (κ2) is 7.98. The Hall–Kier alpha value is -1.06. The van der Waals surface area contributed by atoms with Crippen LogP contribution in [0.2, 0.25) is 0 Å². The van der Waals surface area contributed by atoms with Crippen LogP contribution in [0.4, 0.5) is 0 Å². The first kappa shape index (κ1) is 19.0. The van der Waals surface area contributed by atoms with Crippen LogP contribution in [0.25, 0.3) is 0 Å². The minimum atomic E-state index is -1.17. The summed E-state index contributed by atoms with van der Waals surface area (Å²) in [5, 5.41) is 0. The summed E-state index contributed by atoms with van der Waals surface area (Å²) in [6, 6.07) is 0. The van der Waals surface area contributed by atoms with Crippen molar-refractivity contribution < 1.29 is 19.1 Å². The molecule has 0 bridgehead atoms. The van der Waals surface area contributed by atoms with E-state index in [-0.39, 0.29) is 24.0 Å². The molecule has 1 aliphatic carbocycles. The van der Waals surface area contributed by atoms with Crippen molar-refractivity contribution >= 4 is 11.9 Å². The summed E-state index contributed by atoms with van der Waals surface area (Å²) in [6.07, 6.45) is 4.59. The molecule has 0 atom stereocenters. The molecule has 1 rings (SSSR count). The van der Waals surface area contributed by atoms with Gasteiger partial charge in [0, 0.05) is 0 Å². The van der Waals surface area contributed by atoms with E-state index in [0.717, 1.165) is 25.7 Å². The lowest BCUT2D eigenvalue weighted by Crippen LogP contribution is -2.53. The quantitative estimate of drug-likeness (QED) is 0.547. The molecule has 1 aliphatic rings. The summed E-state index contributed by atoms with van der Waals surface area (Å²) < 4.78 is 11.0. The van der Waals surface area contributed by atoms with Crippen molar-refractivity contribution in [3.63, 3.8) is 0 Å². The Morgan fingerprint density at radius 3 is 1.55 bits per heavy atom. The van der Waals surface area contributed by atoms with Crippen molar-refractivity contribution in [3.05, 3.63) is 0 Å². The number of rotatable bonds is 6. The topological polar surface area (TPSA) is 52.6 Å². The summed E-state index contributed by atoms with van der Waals surface area (Å²) in [5.74, 6) is -0.947. The van der Waals surface area contributed by atoms with E-state index >= 15 is 0 Å². The van der Waals surface area contributed by atoms with E-state index in [1.54, 1.807) is 0 Å². The highest BCUT2D eigenvalue weighted by Crippen LogP contribution is 2.46. The van der Waals surface area contributed by atoms with E-state index in [9.17, 15) is 9.59 Å². The van der Waals surface area contributed by atoms with Gasteiger partial charge in [0.25, 0.3) is 0 Å². The molecule has 0 spiro atoms. The Morgan fingerprint density at radius 2 is 1.23 bits per heavy atom. The van der Waals surface area contributed by atoms with Crippen LogP contribution in [0.5, 0.6) is 0 Å². The minimum absolute atomic E-state index is 0.0127. The molecule has 0 N–H and O–H groups in total. The molecule has 4 heteroatoms. The van der Waals surface area contributed by atoms with Gasteiger partial charge >= 0.3 is 11.9 Å². The molecule has 0 heterocycles. The number of hydrogen-bond donors (Lipinski definition) is 0. The minimum Gasteiger partial charge on any atom is -0.462 e. The molecule has 1 saturated carbocycles. The van der Waals surface area contributed by atoms with Gasteiger partial charge in [-0.25, -0.2) is 0 Å². The predicted molar refractivity (Wildman–Crippen MR) is 86.3 cm³/mol. The number of esters is 2. The first-order valence-corrected chi connectivity index (χ1v) is 8.65. The smallest absolute Gasteiger partial charge is 0.324 e. The van der Waals surface area contributed by atoms with Gasteiger partial charge in [-0.3, -0.25) is 9.59 Å². The molecule has 22 heavy (non-hydrogen) atoms. The zero-order valence-corrected chi connectivity index (χ0v) is 15.0. The van der Waals surface area contributed by atoms with Gasteiger partial charge < -0.3 is 9.47 Å². The van der Waals surface area contributed by atoms with Crippen LogP contribution < -0.4 is 0 Å². The molecule has 4 nitrogen and oxygen atoms in total. The fourth-order valence-corrected chi connectivity index (χ4v) is 3.54. The molecule has 128 valence electrons. The Morgan fingerprint density at radius 1 is 0.818 bits per heavy atom. The third kappa shape index (κ3) is 4.02. The van der Waals surface area contributed by atoms with Gasteiger partial charge in [-0.15, -0.1) is 0 Å². The maximum atomic E-state index is 12.9. The van der Waals surface area contributed by atoms with E-state index in [0.29, 0.717) is 0 Å². The molecule has 0 unspecified atom stereocenters. The van der Waals surface area contributed by atoms with Crippen LogP contribution >= 0.6 is 0 Å². The number of carbonyl (C=O) groups excluding carboxylic acids is 2. The monoisotopic (exact) mass is 312 g/mol. The first-order valence-electron chi connectivity index (χ1n) is 8.65. The zero-order chi connectivity index (χ0) is 16.9. The molecule has 0 amide bonds. The molecule has 0 aromatic carbocycles. The summed E-state index contributed by atoms with van der Waals surface area (Å²) >= 11 is 0. The van der Waals surface area contributed by atoms with Crippen LogP contribution in [0, 0.1) is 17.3 Å². The molecule has 0 radical (unpaired) electrons. The van der Waals surface area contributed by atoms with E-state index in [1.165, 1.54) is 6.42 Å². The molecule has 0 aliphatic heterocycles. The Kier molecular flexibility index (Phi) is 6.89. The third-order valence-electron chi connectivity index (χ3n) is 4.52. The van der Waals surface area contributed by atoms with Crippen molar-refractivity contribution in [3.8, 4) is 0 Å². The van der Waals surface area contributed by atoms with Crippen molar-refractivity contribution in [2.45, 2.75) is 85.9 Å². The summed E-state index contributed by atoms with van der Waals surface area (Å²) in [7, 11) is 0. The maximum Gasteiger partial charge on any atom is 0.324 e. The molecule has 0 saturated heterocycles. The molecule has 1 fully saturated rings. The molecular formula is C18H32O4. The standard InChI is InChI=1S/C18H32O4/c1-12(2)18(16(19)21-13(3)4,17(20)22-14(5)6)15-10-8-7-9-11-15/h12-15H,7-11H2,1-6H3. The second-order valence-corrected chi connectivity index (χ2v) is 7.27. The van der Waals surface area contributed by atoms with Gasteiger partial charge in [0.15, 0.2) is 5.41 Å². The number of carbonyl (C=O) groups is 2. The van der Waals surface area contributed by atoms with E-state index < -0.39 is 17.4 Å². The lowest BCUT2D eigenvalue weighted by atomic mass is 9.62. The normalized spacial score (nSPS) is 17.1. The van der Waals surface area contributed by atoms with Crippen molar-refractivity contribution in [1.82, 2.24) is 0 Å². The van der Waals surface area contributed by atoms with Gasteiger partial charge in [0.2, 0.25) is 0 Å². The second-order valence-electron chi connectivity index (χ2n) is 7.27. The third-order valence-corrected chi connectivity index (χ3v) is 4.52. The fourth-order valence-electron chi connectivity index (χ4n) is 3.54. The largest absolute Gasteiger partial charge is 0.462 e. The van der Waals surface area contributed by atoms with Crippen LogP contribution in [0.3, 0.4) is 0 Å². The van der Waals surface area contributed by atoms with E-state index in [4.69, 9.17) is 9.47 Å². The summed E-state index contributed by atoms with van der Waals surface area (Å²) in [6.45, 7) is 11.1. The van der Waals surface area contributed by atoms with Crippen molar-refractivity contribution in [2.24, 2.45) is 17.3 Å². The molecule has 0 aromatic heterocycles. The highest BCUT2D eigenvalue weighted by molar-refractivity contribution is 6.01. The molecule has 0 aromatic rings.